The number of fused-ring (bicyclic) bond motifs is 10. The SMILES string of the molecule is CC[C@@]1(O)C(=O)OCc2c1cc1n(c2=O)Cc2c-1nc1cc(F)c(C)c3c1c2[C@@H](NC(=O)OCc1cc(C(=O)NCc2cn(C(CCC(=O)NC(CCC(=O)O)C(=O)O)C(=O)NC(CCC(=O)O)C(=O)O)nn2)cc(COC(=O)N[C@H]2CCc4c(C)c(F)cc5nc6c(c2c45)Cn2c-6cc4c(c2=O)COC(=O)[C@]4(O)CC)c1OCc1ccc(NC(=O)[C@H](CCCNC(N)=O)NC(=O)[C@@H](NC(=O)CCCN)C(C)C)cc1)CC3. The minimum atomic E-state index is -2.23. The molecule has 0 bridgehead atoms. The average Bonchev–Trinajstić information content (AvgIpc) is 1.59. The summed E-state index contributed by atoms with van der Waals surface area (Å²) in [6.07, 6.45) is -4.46. The Morgan fingerprint density at radius 3 is 1.56 bits per heavy atom. The fourth-order valence-corrected chi connectivity index (χ4v) is 19.6. The summed E-state index contributed by atoms with van der Waals surface area (Å²) in [5.41, 5.74) is 9.30. The maximum atomic E-state index is 16.2. The molecule has 776 valence electrons. The first kappa shape index (κ1) is 105. The second-order valence-electron chi connectivity index (χ2n) is 37.2. The lowest BCUT2D eigenvalue weighted by Crippen LogP contribution is -2.54. The quantitative estimate of drug-likeness (QED) is 0.0132. The number of urea groups is 1. The van der Waals surface area contributed by atoms with Crippen molar-refractivity contribution in [2.24, 2.45) is 17.4 Å². The maximum Gasteiger partial charge on any atom is 0.407 e. The van der Waals surface area contributed by atoms with Crippen molar-refractivity contribution in [1.29, 1.82) is 0 Å². The highest BCUT2D eigenvalue weighted by atomic mass is 19.1. The number of cyclic esters (lactones) is 2. The van der Waals surface area contributed by atoms with Crippen LogP contribution in [0.3, 0.4) is 0 Å². The van der Waals surface area contributed by atoms with Gasteiger partial charge >= 0.3 is 54.0 Å². The van der Waals surface area contributed by atoms with Gasteiger partial charge in [-0.1, -0.05) is 45.0 Å². The number of carbonyl (C=O) groups is 15. The molecule has 0 fully saturated rings. The Morgan fingerprint density at radius 2 is 1.08 bits per heavy atom. The first-order chi connectivity index (χ1) is 70.0. The van der Waals surface area contributed by atoms with Crippen LogP contribution in [0.25, 0.3) is 44.6 Å². The van der Waals surface area contributed by atoms with Crippen LogP contribution in [0.4, 0.5) is 28.9 Å². The number of aliphatic hydroxyl groups is 2. The van der Waals surface area contributed by atoms with Crippen molar-refractivity contribution >= 4 is 117 Å². The maximum absolute atomic E-state index is 16.2. The number of aliphatic carboxylic acids is 4. The van der Waals surface area contributed by atoms with Gasteiger partial charge in [0.05, 0.1) is 82.9 Å². The molecule has 9 heterocycles. The van der Waals surface area contributed by atoms with E-state index < -0.39 is 250 Å². The number of amides is 10. The lowest BCUT2D eigenvalue weighted by Gasteiger charge is -2.31. The zero-order valence-electron chi connectivity index (χ0n) is 80.6. The number of primary amides is 1. The molecule has 46 nitrogen and oxygen atoms in total. The number of hydrogen-bond donors (Lipinski definition) is 17. The molecule has 4 aliphatic heterocycles. The molecule has 15 rings (SSSR count). The van der Waals surface area contributed by atoms with E-state index in [9.17, 15) is 97.8 Å². The number of hydrogen-bond acceptors (Lipinski definition) is 29. The van der Waals surface area contributed by atoms with Crippen LogP contribution in [0, 0.1) is 31.4 Å². The summed E-state index contributed by atoms with van der Waals surface area (Å²) in [6, 6.07) is 3.40. The van der Waals surface area contributed by atoms with Crippen LogP contribution in [0.5, 0.6) is 5.75 Å². The molecule has 48 heteroatoms. The zero-order chi connectivity index (χ0) is 106. The summed E-state index contributed by atoms with van der Waals surface area (Å²) < 4.78 is 65.9. The number of pyridine rings is 4. The van der Waals surface area contributed by atoms with E-state index in [1.54, 1.807) is 27.7 Å². The molecular formula is C99H108F2N18O28. The van der Waals surface area contributed by atoms with E-state index in [1.165, 1.54) is 83.6 Å². The van der Waals surface area contributed by atoms with Gasteiger partial charge in [-0.2, -0.15) is 0 Å². The van der Waals surface area contributed by atoms with Crippen molar-refractivity contribution in [2.75, 3.05) is 18.4 Å². The largest absolute Gasteiger partial charge is 0.488 e. The van der Waals surface area contributed by atoms with Gasteiger partial charge in [0.2, 0.25) is 29.5 Å². The van der Waals surface area contributed by atoms with Crippen molar-refractivity contribution in [2.45, 2.75) is 250 Å². The number of carbonyl (C=O) groups excluding carboxylic acids is 11. The predicted molar refractivity (Wildman–Crippen MR) is 509 cm³/mol. The van der Waals surface area contributed by atoms with Gasteiger partial charge in [-0.25, -0.2) is 57.0 Å². The normalized spacial score (nSPS) is 17.3. The molecule has 0 spiro atoms. The summed E-state index contributed by atoms with van der Waals surface area (Å²) in [5, 5.41) is 95.0. The van der Waals surface area contributed by atoms with E-state index in [1.807, 2.05) is 0 Å². The zero-order valence-corrected chi connectivity index (χ0v) is 80.6. The van der Waals surface area contributed by atoms with Gasteiger partial charge in [0.15, 0.2) is 11.2 Å². The Balaban J connectivity index is 0.792. The third kappa shape index (κ3) is 21.9. The first-order valence-corrected chi connectivity index (χ1v) is 47.7. The van der Waals surface area contributed by atoms with Gasteiger partial charge in [0.25, 0.3) is 17.0 Å². The topological polar surface area (TPSA) is 684 Å². The Bertz CT molecular complexity index is 6810. The van der Waals surface area contributed by atoms with Crippen molar-refractivity contribution in [3.05, 3.63) is 194 Å². The number of rotatable bonds is 42. The highest BCUT2D eigenvalue weighted by molar-refractivity contribution is 6.00. The number of carboxylic acid groups (broad SMARTS) is 4. The molecule has 10 amide bonds. The second-order valence-corrected chi connectivity index (χ2v) is 37.2. The van der Waals surface area contributed by atoms with Gasteiger partial charge in [0.1, 0.15) is 86.3 Å². The lowest BCUT2D eigenvalue weighted by atomic mass is 9.81. The predicted octanol–water partition coefficient (Wildman–Crippen LogP) is 5.24. The number of ether oxygens (including phenoxy) is 5. The molecule has 2 aliphatic carbocycles. The van der Waals surface area contributed by atoms with Crippen LogP contribution in [-0.4, -0.2) is 191 Å². The minimum Gasteiger partial charge on any atom is -0.488 e. The van der Waals surface area contributed by atoms with Gasteiger partial charge < -0.3 is 123 Å². The highest BCUT2D eigenvalue weighted by Gasteiger charge is 2.49. The van der Waals surface area contributed by atoms with Crippen molar-refractivity contribution in [3.8, 4) is 28.5 Å². The molecule has 0 radical (unpaired) electrons. The third-order valence-electron chi connectivity index (χ3n) is 27.4. The molecule has 9 atom stereocenters. The Labute approximate surface area is 833 Å². The van der Waals surface area contributed by atoms with Crippen molar-refractivity contribution < 1.29 is 135 Å². The molecule has 0 saturated carbocycles. The number of nitrogens with two attached hydrogens (primary N) is 2. The third-order valence-corrected chi connectivity index (χ3v) is 27.4. The van der Waals surface area contributed by atoms with Crippen LogP contribution >= 0.6 is 0 Å². The fraction of sp³-hybridized carbons (Fsp3) is 0.424. The molecule has 0 saturated heterocycles. The Hall–Kier alpha value is -16.3. The van der Waals surface area contributed by atoms with Crippen LogP contribution in [0.2, 0.25) is 0 Å². The van der Waals surface area contributed by atoms with Gasteiger partial charge in [0, 0.05) is 99.8 Å². The summed E-state index contributed by atoms with van der Waals surface area (Å²) >= 11 is 0. The number of alkyl carbamates (subject to hydrolysis) is 2. The number of nitrogens with one attached hydrogen (secondary N) is 9. The average molecular weight is 2040 g/mol. The summed E-state index contributed by atoms with van der Waals surface area (Å²) in [6.45, 7) is 5.88. The second kappa shape index (κ2) is 43.7. The van der Waals surface area contributed by atoms with Crippen LogP contribution in [0.15, 0.2) is 76.4 Å². The van der Waals surface area contributed by atoms with Crippen LogP contribution in [-0.2, 0) is 148 Å². The standard InChI is InChI=1S/C99H108F2N18O28/c1-7-98(141)59-31-71-82-55(37-117(71)89(130)57(59)42-144-93(98)136)79-63(19-17-53-45(5)61(100)33-68(108-82)77(53)79)112-96(139)146-40-49-29-48(85(126)105-35-52-36-119(116-115-52)70(87(128)111-67(92(134)135)22-26-76(124)125)23-24-74(121)107-66(91(132)133)21-25-75(122)123)30-50(84(49)143-39-47-13-15-51(16-14-47)106-86(127)65(11-10-28-104-95(103)138)110-88(129)81(44(3)4)114-73(120)12-9-27-102)41-147-97(140)113-64-20-18-54-46(6)62(101)34-69-78(54)80(64)56-38-118-72(83(56)109-69)32-60-58(90(118)131)43-145-94(137)99(60,142)8-2/h13-16,29-34,36,44,63-67,70,81,141-142H,7-12,17-28,35,37-43,102H2,1-6H3,(H,105,126)(H,106,127)(H,107,121)(H,110,129)(H,111,128)(H,112,139)(H,113,140)(H,114,120)(H,122,123)(H,124,125)(H,132,133)(H,134,135)(H3,103,104,138)/t63-,64-,65-,66?,67?,70?,81-,98-,99-/m0/s1. The van der Waals surface area contributed by atoms with E-state index in [0.717, 1.165) is 10.9 Å². The van der Waals surface area contributed by atoms with Gasteiger partial charge in [-0.15, -0.1) is 5.10 Å². The van der Waals surface area contributed by atoms with Crippen LogP contribution < -0.4 is 75.2 Å². The summed E-state index contributed by atoms with van der Waals surface area (Å²) in [5.74, 6) is -14.9. The monoisotopic (exact) mass is 2030 g/mol. The van der Waals surface area contributed by atoms with E-state index in [2.05, 4.69) is 58.2 Å². The van der Waals surface area contributed by atoms with E-state index in [4.69, 9.17) is 45.1 Å². The number of halogens is 2. The number of aromatic nitrogens is 7. The number of carboxylic acids is 4. The van der Waals surface area contributed by atoms with E-state index in [-0.39, 0.29) is 185 Å². The molecular weight excluding hydrogens is 1930 g/mol. The lowest BCUT2D eigenvalue weighted by molar-refractivity contribution is -0.172. The van der Waals surface area contributed by atoms with Gasteiger partial charge in [-0.3, -0.25) is 47.9 Å². The number of benzene rings is 4. The molecule has 9 aromatic rings. The molecule has 6 aliphatic rings. The molecule has 5 aromatic heterocycles. The smallest absolute Gasteiger partial charge is 0.407 e. The fourth-order valence-electron chi connectivity index (χ4n) is 19.6. The Kier molecular flexibility index (Phi) is 31.2. The molecule has 4 aromatic carbocycles. The van der Waals surface area contributed by atoms with E-state index >= 15 is 23.2 Å². The van der Waals surface area contributed by atoms with E-state index in [0.29, 0.717) is 56.1 Å². The van der Waals surface area contributed by atoms with Crippen LogP contribution in [0.1, 0.15) is 235 Å². The van der Waals surface area contributed by atoms with Gasteiger partial charge in [-0.05, 0) is 179 Å². The highest BCUT2D eigenvalue weighted by Crippen LogP contribution is 2.49. The molecule has 147 heavy (non-hydrogen) atoms. The number of nitrogens with zero attached hydrogens (tertiary/aromatic N) is 7. The van der Waals surface area contributed by atoms with Crippen molar-refractivity contribution in [3.63, 3.8) is 0 Å². The number of aryl methyl sites for hydroxylation is 2. The Morgan fingerprint density at radius 1 is 0.578 bits per heavy atom. The summed E-state index contributed by atoms with van der Waals surface area (Å²) in [7, 11) is 0. The summed E-state index contributed by atoms with van der Waals surface area (Å²) in [4.78, 5) is 240. The molecule has 19 N–H and O–H groups in total. The first-order valence-electron chi connectivity index (χ1n) is 47.7. The number of esters is 2. The van der Waals surface area contributed by atoms with Crippen molar-refractivity contribution in [1.82, 2.24) is 76.6 Å². The minimum absolute atomic E-state index is 0.00632. The number of anilines is 1. The molecule has 3 unspecified atom stereocenters.